The van der Waals surface area contributed by atoms with Gasteiger partial charge in [0.1, 0.15) is 0 Å². The van der Waals surface area contributed by atoms with E-state index < -0.39 is 0 Å². The molecule has 0 bridgehead atoms. The summed E-state index contributed by atoms with van der Waals surface area (Å²) in [4.78, 5) is 0. The van der Waals surface area contributed by atoms with Gasteiger partial charge in [0.05, 0.1) is 6.04 Å². The predicted octanol–water partition coefficient (Wildman–Crippen LogP) is 2.72. The summed E-state index contributed by atoms with van der Waals surface area (Å²) in [6.07, 6.45) is -0.305. The first-order chi connectivity index (χ1) is 8.81. The van der Waals surface area contributed by atoms with Crippen molar-refractivity contribution in [3.63, 3.8) is 0 Å². The topological polar surface area (TPSA) is 30.5 Å². The molecule has 96 valence electrons. The molecule has 1 atom stereocenters. The number of hydrogen-bond acceptors (Lipinski definition) is 3. The van der Waals surface area contributed by atoms with Gasteiger partial charge in [-0.1, -0.05) is 42.5 Å². The summed E-state index contributed by atoms with van der Waals surface area (Å²) in [5.74, 6) is 0. The fourth-order valence-corrected chi connectivity index (χ4v) is 2.33. The molecule has 0 amide bonds. The Balaban J connectivity index is 2.51. The lowest BCUT2D eigenvalue weighted by molar-refractivity contribution is -0.122. The molecule has 1 unspecified atom stereocenters. The maximum Gasteiger partial charge on any atom is 0.176 e. The minimum absolute atomic E-state index is 0.00565. The van der Waals surface area contributed by atoms with Crippen molar-refractivity contribution in [2.24, 2.45) is 0 Å². The molecule has 3 nitrogen and oxygen atoms in total. The number of rotatable bonds is 5. The molecule has 0 aromatic heterocycles. The summed E-state index contributed by atoms with van der Waals surface area (Å²) in [5, 5.41) is 5.71. The van der Waals surface area contributed by atoms with Gasteiger partial charge in [-0.15, -0.1) is 0 Å². The Kier molecular flexibility index (Phi) is 4.31. The Bertz CT molecular complexity index is 503. The third kappa shape index (κ3) is 2.38. The van der Waals surface area contributed by atoms with Gasteiger partial charge >= 0.3 is 0 Å². The van der Waals surface area contributed by atoms with Crippen LogP contribution in [0.15, 0.2) is 42.5 Å². The predicted molar refractivity (Wildman–Crippen MR) is 73.6 cm³/mol. The third-order valence-corrected chi connectivity index (χ3v) is 3.21. The molecule has 2 aromatic carbocycles. The summed E-state index contributed by atoms with van der Waals surface area (Å²) in [7, 11) is 5.23. The van der Waals surface area contributed by atoms with Crippen LogP contribution in [0.5, 0.6) is 0 Å². The van der Waals surface area contributed by atoms with Gasteiger partial charge in [-0.05, 0) is 23.4 Å². The van der Waals surface area contributed by atoms with E-state index in [2.05, 4.69) is 35.6 Å². The van der Waals surface area contributed by atoms with Crippen molar-refractivity contribution in [2.75, 3.05) is 21.3 Å². The molecule has 2 aromatic rings. The maximum atomic E-state index is 5.37. The zero-order valence-corrected chi connectivity index (χ0v) is 11.0. The van der Waals surface area contributed by atoms with E-state index in [1.54, 1.807) is 14.2 Å². The third-order valence-electron chi connectivity index (χ3n) is 3.21. The molecule has 1 N–H and O–H groups in total. The van der Waals surface area contributed by atoms with Crippen LogP contribution in [0, 0.1) is 0 Å². The average molecular weight is 245 g/mol. The van der Waals surface area contributed by atoms with Crippen LogP contribution in [0.1, 0.15) is 11.6 Å². The van der Waals surface area contributed by atoms with Crippen LogP contribution >= 0.6 is 0 Å². The van der Waals surface area contributed by atoms with Crippen LogP contribution in [0.4, 0.5) is 0 Å². The van der Waals surface area contributed by atoms with Crippen molar-refractivity contribution in [3.05, 3.63) is 48.0 Å². The zero-order chi connectivity index (χ0) is 13.0. The number of nitrogens with one attached hydrogen (secondary N) is 1. The highest BCUT2D eigenvalue weighted by molar-refractivity contribution is 5.86. The second-order valence-electron chi connectivity index (χ2n) is 4.17. The van der Waals surface area contributed by atoms with Gasteiger partial charge in [0.15, 0.2) is 6.29 Å². The lowest BCUT2D eigenvalue weighted by atomic mass is 9.98. The molecule has 0 aliphatic heterocycles. The van der Waals surface area contributed by atoms with E-state index in [0.717, 1.165) is 0 Å². The van der Waals surface area contributed by atoms with Gasteiger partial charge in [-0.25, -0.2) is 0 Å². The molecule has 0 aliphatic carbocycles. The van der Waals surface area contributed by atoms with E-state index in [4.69, 9.17) is 9.47 Å². The lowest BCUT2D eigenvalue weighted by Gasteiger charge is -2.25. The first-order valence-corrected chi connectivity index (χ1v) is 6.02. The fraction of sp³-hybridized carbons (Fsp3) is 0.333. The zero-order valence-electron chi connectivity index (χ0n) is 11.0. The molecular formula is C15H19NO2. The number of hydrogen-bond donors (Lipinski definition) is 1. The molecule has 18 heavy (non-hydrogen) atoms. The van der Waals surface area contributed by atoms with Crippen molar-refractivity contribution >= 4 is 10.8 Å². The average Bonchev–Trinajstić information content (AvgIpc) is 2.44. The van der Waals surface area contributed by atoms with Crippen LogP contribution < -0.4 is 5.32 Å². The molecule has 2 rings (SSSR count). The molecule has 0 heterocycles. The molecule has 0 spiro atoms. The number of benzene rings is 2. The summed E-state index contributed by atoms with van der Waals surface area (Å²) in [6.45, 7) is 0. The molecule has 0 aliphatic rings. The van der Waals surface area contributed by atoms with Crippen LogP contribution in [0.3, 0.4) is 0 Å². The molecule has 0 fully saturated rings. The number of fused-ring (bicyclic) bond motifs is 1. The normalized spacial score (nSPS) is 13.1. The quantitative estimate of drug-likeness (QED) is 0.822. The highest BCUT2D eigenvalue weighted by Crippen LogP contribution is 2.27. The Morgan fingerprint density at radius 2 is 1.61 bits per heavy atom. The summed E-state index contributed by atoms with van der Waals surface area (Å²) >= 11 is 0. The van der Waals surface area contributed by atoms with Crippen molar-refractivity contribution in [3.8, 4) is 0 Å². The Labute approximate surface area is 108 Å². The Morgan fingerprint density at radius 3 is 2.28 bits per heavy atom. The molecule has 3 heteroatoms. The Morgan fingerprint density at radius 1 is 0.944 bits per heavy atom. The fourth-order valence-electron chi connectivity index (χ4n) is 2.33. The monoisotopic (exact) mass is 245 g/mol. The number of methoxy groups -OCH3 is 2. The van der Waals surface area contributed by atoms with Crippen molar-refractivity contribution in [1.82, 2.24) is 5.32 Å². The molecule has 0 radical (unpaired) electrons. The first-order valence-electron chi connectivity index (χ1n) is 6.02. The highest BCUT2D eigenvalue weighted by Gasteiger charge is 2.22. The van der Waals surface area contributed by atoms with Gasteiger partial charge in [-0.3, -0.25) is 0 Å². The second-order valence-corrected chi connectivity index (χ2v) is 4.17. The van der Waals surface area contributed by atoms with E-state index in [1.165, 1.54) is 16.3 Å². The SMILES string of the molecule is CNC(c1cccc2ccccc12)C(OC)OC. The molecule has 0 saturated carbocycles. The first kappa shape index (κ1) is 13.0. The van der Waals surface area contributed by atoms with Gasteiger partial charge < -0.3 is 14.8 Å². The summed E-state index contributed by atoms with van der Waals surface area (Å²) in [5.41, 5.74) is 1.18. The van der Waals surface area contributed by atoms with Crippen LogP contribution in [0.2, 0.25) is 0 Å². The van der Waals surface area contributed by atoms with Gasteiger partial charge in [-0.2, -0.15) is 0 Å². The standard InChI is InChI=1S/C15H19NO2/c1-16-14(15(17-2)18-3)13-10-6-8-11-7-4-5-9-12(11)13/h4-10,14-16H,1-3H3. The van der Waals surface area contributed by atoms with Crippen LogP contribution in [-0.4, -0.2) is 27.6 Å². The van der Waals surface area contributed by atoms with Crippen LogP contribution in [0.25, 0.3) is 10.8 Å². The van der Waals surface area contributed by atoms with E-state index in [1.807, 2.05) is 19.2 Å². The number of ether oxygens (including phenoxy) is 2. The van der Waals surface area contributed by atoms with Crippen LogP contribution in [-0.2, 0) is 9.47 Å². The smallest absolute Gasteiger partial charge is 0.176 e. The largest absolute Gasteiger partial charge is 0.354 e. The summed E-state index contributed by atoms with van der Waals surface area (Å²) < 4.78 is 10.7. The van der Waals surface area contributed by atoms with Gasteiger partial charge in [0.25, 0.3) is 0 Å². The van der Waals surface area contributed by atoms with E-state index in [-0.39, 0.29) is 12.3 Å². The molecule has 0 saturated heterocycles. The number of likely N-dealkylation sites (N-methyl/N-ethyl adjacent to an activating group) is 1. The van der Waals surface area contributed by atoms with E-state index in [0.29, 0.717) is 0 Å². The highest BCUT2D eigenvalue weighted by atomic mass is 16.7. The maximum absolute atomic E-state index is 5.37. The lowest BCUT2D eigenvalue weighted by Crippen LogP contribution is -2.32. The van der Waals surface area contributed by atoms with Crippen molar-refractivity contribution < 1.29 is 9.47 Å². The van der Waals surface area contributed by atoms with Crippen molar-refractivity contribution in [1.29, 1.82) is 0 Å². The van der Waals surface area contributed by atoms with E-state index >= 15 is 0 Å². The second kappa shape index (κ2) is 5.96. The minimum atomic E-state index is -0.305. The minimum Gasteiger partial charge on any atom is -0.354 e. The van der Waals surface area contributed by atoms with E-state index in [9.17, 15) is 0 Å². The summed E-state index contributed by atoms with van der Waals surface area (Å²) in [6, 6.07) is 14.6. The molecular weight excluding hydrogens is 226 g/mol. The van der Waals surface area contributed by atoms with Crippen molar-refractivity contribution in [2.45, 2.75) is 12.3 Å². The van der Waals surface area contributed by atoms with Gasteiger partial charge in [0, 0.05) is 14.2 Å². The Hall–Kier alpha value is -1.42. The van der Waals surface area contributed by atoms with Gasteiger partial charge in [0.2, 0.25) is 0 Å².